The molecule has 0 aliphatic rings. The van der Waals surface area contributed by atoms with Crippen LogP contribution in [-0.4, -0.2) is 41.8 Å². The third-order valence-corrected chi connectivity index (χ3v) is 4.47. The molecule has 2 aromatic rings. The monoisotopic (exact) mass is 415 g/mol. The summed E-state index contributed by atoms with van der Waals surface area (Å²) < 4.78 is 16.5. The average molecular weight is 415 g/mol. The van der Waals surface area contributed by atoms with Crippen LogP contribution < -0.4 is 19.5 Å². The summed E-state index contributed by atoms with van der Waals surface area (Å²) in [5.41, 5.74) is -1.36. The molecule has 0 bridgehead atoms. The van der Waals surface area contributed by atoms with E-state index in [4.69, 9.17) is 19.3 Å². The second-order valence-corrected chi connectivity index (χ2v) is 7.86. The van der Waals surface area contributed by atoms with E-state index in [1.165, 1.54) is 13.8 Å². The summed E-state index contributed by atoms with van der Waals surface area (Å²) in [4.78, 5) is 23.7. The van der Waals surface area contributed by atoms with Crippen molar-refractivity contribution < 1.29 is 28.9 Å². The van der Waals surface area contributed by atoms with Crippen molar-refractivity contribution in [2.75, 3.05) is 13.7 Å². The molecule has 7 heteroatoms. The number of aliphatic carboxylic acids is 1. The van der Waals surface area contributed by atoms with Crippen LogP contribution in [0.4, 0.5) is 0 Å². The van der Waals surface area contributed by atoms with Crippen molar-refractivity contribution in [3.05, 3.63) is 54.1 Å². The Morgan fingerprint density at radius 2 is 1.50 bits per heavy atom. The SMILES string of the molecule is COc1cccc(OC(C)(C)C(=O)NCCc2ccc(OC(C)(C)C(=O)O)cc2)c1. The molecule has 162 valence electrons. The summed E-state index contributed by atoms with van der Waals surface area (Å²) >= 11 is 0. The molecule has 0 radical (unpaired) electrons. The number of carbonyl (C=O) groups is 2. The van der Waals surface area contributed by atoms with Gasteiger partial charge in [0.2, 0.25) is 0 Å². The molecular formula is C23H29NO6. The molecule has 2 N–H and O–H groups in total. The smallest absolute Gasteiger partial charge is 0.347 e. The normalized spacial score (nSPS) is 11.5. The van der Waals surface area contributed by atoms with Gasteiger partial charge in [0.05, 0.1) is 7.11 Å². The van der Waals surface area contributed by atoms with Crippen LogP contribution in [0.2, 0.25) is 0 Å². The molecule has 0 aliphatic heterocycles. The number of ether oxygens (including phenoxy) is 3. The first-order valence-corrected chi connectivity index (χ1v) is 9.66. The Bertz CT molecular complexity index is 874. The Balaban J connectivity index is 1.86. The van der Waals surface area contributed by atoms with Crippen LogP contribution in [0, 0.1) is 0 Å². The summed E-state index contributed by atoms with van der Waals surface area (Å²) in [7, 11) is 1.57. The van der Waals surface area contributed by atoms with Gasteiger partial charge in [-0.2, -0.15) is 0 Å². The molecule has 7 nitrogen and oxygen atoms in total. The number of nitrogens with one attached hydrogen (secondary N) is 1. The molecular weight excluding hydrogens is 386 g/mol. The maximum atomic E-state index is 12.5. The number of rotatable bonds is 10. The lowest BCUT2D eigenvalue weighted by atomic mass is 10.1. The largest absolute Gasteiger partial charge is 0.497 e. The van der Waals surface area contributed by atoms with Gasteiger partial charge in [0.25, 0.3) is 5.91 Å². The molecule has 0 fully saturated rings. The topological polar surface area (TPSA) is 94.1 Å². The maximum Gasteiger partial charge on any atom is 0.347 e. The first-order chi connectivity index (χ1) is 14.0. The molecule has 2 rings (SSSR count). The predicted octanol–water partition coefficient (Wildman–Crippen LogP) is 3.45. The van der Waals surface area contributed by atoms with E-state index in [0.29, 0.717) is 30.2 Å². The highest BCUT2D eigenvalue weighted by Crippen LogP contribution is 2.23. The van der Waals surface area contributed by atoms with E-state index in [1.807, 2.05) is 12.1 Å². The zero-order valence-electron chi connectivity index (χ0n) is 18.0. The second kappa shape index (κ2) is 9.52. The summed E-state index contributed by atoms with van der Waals surface area (Å²) in [6.07, 6.45) is 0.615. The molecule has 0 unspecified atom stereocenters. The Kier molecular flexibility index (Phi) is 7.32. The lowest BCUT2D eigenvalue weighted by Gasteiger charge is -2.25. The zero-order valence-corrected chi connectivity index (χ0v) is 18.0. The Morgan fingerprint density at radius 3 is 2.10 bits per heavy atom. The third kappa shape index (κ3) is 6.40. The molecule has 0 atom stereocenters. The molecule has 0 aliphatic carbocycles. The summed E-state index contributed by atoms with van der Waals surface area (Å²) in [5, 5.41) is 12.0. The molecule has 0 aromatic heterocycles. The fourth-order valence-corrected chi connectivity index (χ4v) is 2.60. The highest BCUT2D eigenvalue weighted by Gasteiger charge is 2.30. The van der Waals surface area contributed by atoms with Gasteiger partial charge < -0.3 is 24.6 Å². The number of carboxylic acids is 1. The number of hydrogen-bond donors (Lipinski definition) is 2. The predicted molar refractivity (Wildman–Crippen MR) is 113 cm³/mol. The van der Waals surface area contributed by atoms with Crippen LogP contribution in [0.1, 0.15) is 33.3 Å². The van der Waals surface area contributed by atoms with Crippen molar-refractivity contribution in [1.82, 2.24) is 5.32 Å². The summed E-state index contributed by atoms with van der Waals surface area (Å²) in [6, 6.07) is 14.2. The van der Waals surface area contributed by atoms with Crippen molar-refractivity contribution >= 4 is 11.9 Å². The number of carbonyl (C=O) groups excluding carboxylic acids is 1. The number of carboxylic acid groups (broad SMARTS) is 1. The van der Waals surface area contributed by atoms with Crippen LogP contribution in [-0.2, 0) is 16.0 Å². The fraction of sp³-hybridized carbons (Fsp3) is 0.391. The highest BCUT2D eigenvalue weighted by molar-refractivity contribution is 5.84. The number of hydrogen-bond acceptors (Lipinski definition) is 5. The van der Waals surface area contributed by atoms with Crippen LogP contribution in [0.5, 0.6) is 17.2 Å². The van der Waals surface area contributed by atoms with Gasteiger partial charge in [-0.05, 0) is 63.9 Å². The van der Waals surface area contributed by atoms with E-state index < -0.39 is 17.2 Å². The molecule has 0 saturated heterocycles. The van der Waals surface area contributed by atoms with Gasteiger partial charge in [-0.25, -0.2) is 4.79 Å². The number of methoxy groups -OCH3 is 1. The average Bonchev–Trinajstić information content (AvgIpc) is 2.68. The summed E-state index contributed by atoms with van der Waals surface area (Å²) in [5.74, 6) is 0.418. The van der Waals surface area contributed by atoms with Crippen molar-refractivity contribution in [1.29, 1.82) is 0 Å². The van der Waals surface area contributed by atoms with Crippen molar-refractivity contribution in [2.24, 2.45) is 0 Å². The van der Waals surface area contributed by atoms with Crippen LogP contribution in [0.3, 0.4) is 0 Å². The Labute approximate surface area is 177 Å². The lowest BCUT2D eigenvalue weighted by Crippen LogP contribution is -2.47. The van der Waals surface area contributed by atoms with Gasteiger partial charge in [0.15, 0.2) is 11.2 Å². The minimum atomic E-state index is -1.30. The molecule has 0 heterocycles. The third-order valence-electron chi connectivity index (χ3n) is 4.47. The first-order valence-electron chi connectivity index (χ1n) is 9.66. The Hall–Kier alpha value is -3.22. The van der Waals surface area contributed by atoms with E-state index in [9.17, 15) is 9.59 Å². The van der Waals surface area contributed by atoms with Crippen LogP contribution in [0.25, 0.3) is 0 Å². The minimum Gasteiger partial charge on any atom is -0.497 e. The molecule has 0 spiro atoms. The number of benzene rings is 2. The Morgan fingerprint density at radius 1 is 0.900 bits per heavy atom. The minimum absolute atomic E-state index is 0.228. The number of amides is 1. The standard InChI is InChI=1S/C23H29NO6/c1-22(2,30-19-8-6-7-18(15-19)28-5)20(25)24-14-13-16-9-11-17(12-10-16)29-23(3,4)21(26)27/h6-12,15H,13-14H2,1-5H3,(H,24,25)(H,26,27). The fourth-order valence-electron chi connectivity index (χ4n) is 2.60. The second-order valence-electron chi connectivity index (χ2n) is 7.86. The van der Waals surface area contributed by atoms with Gasteiger partial charge in [0, 0.05) is 12.6 Å². The van der Waals surface area contributed by atoms with E-state index in [-0.39, 0.29) is 5.91 Å². The van der Waals surface area contributed by atoms with E-state index in [0.717, 1.165) is 5.56 Å². The van der Waals surface area contributed by atoms with E-state index in [1.54, 1.807) is 57.4 Å². The van der Waals surface area contributed by atoms with Crippen molar-refractivity contribution in [3.8, 4) is 17.2 Å². The van der Waals surface area contributed by atoms with Crippen molar-refractivity contribution in [2.45, 2.75) is 45.3 Å². The van der Waals surface area contributed by atoms with Gasteiger partial charge in [0.1, 0.15) is 17.2 Å². The van der Waals surface area contributed by atoms with Crippen LogP contribution >= 0.6 is 0 Å². The van der Waals surface area contributed by atoms with Gasteiger partial charge in [-0.1, -0.05) is 18.2 Å². The molecule has 2 aromatic carbocycles. The molecule has 1 amide bonds. The van der Waals surface area contributed by atoms with Gasteiger partial charge in [-0.15, -0.1) is 0 Å². The molecule has 0 saturated carbocycles. The zero-order chi connectivity index (χ0) is 22.4. The first kappa shape index (κ1) is 23.1. The molecule has 30 heavy (non-hydrogen) atoms. The summed E-state index contributed by atoms with van der Waals surface area (Å²) in [6.45, 7) is 6.84. The van der Waals surface area contributed by atoms with Gasteiger partial charge >= 0.3 is 5.97 Å². The maximum absolute atomic E-state index is 12.5. The van der Waals surface area contributed by atoms with E-state index >= 15 is 0 Å². The van der Waals surface area contributed by atoms with Crippen LogP contribution in [0.15, 0.2) is 48.5 Å². The lowest BCUT2D eigenvalue weighted by molar-refractivity contribution is -0.152. The quantitative estimate of drug-likeness (QED) is 0.617. The van der Waals surface area contributed by atoms with Gasteiger partial charge in [-0.3, -0.25) is 4.79 Å². The van der Waals surface area contributed by atoms with E-state index in [2.05, 4.69) is 5.32 Å². The highest BCUT2D eigenvalue weighted by atomic mass is 16.5. The van der Waals surface area contributed by atoms with Crippen molar-refractivity contribution in [3.63, 3.8) is 0 Å².